The van der Waals surface area contributed by atoms with Gasteiger partial charge in [0.1, 0.15) is 11.3 Å². The van der Waals surface area contributed by atoms with E-state index in [0.717, 1.165) is 19.4 Å². The first-order valence-electron chi connectivity index (χ1n) is 8.12. The average molecular weight is 320 g/mol. The molecule has 0 N–H and O–H groups in total. The molecule has 6 nitrogen and oxygen atoms in total. The van der Waals surface area contributed by atoms with Crippen molar-refractivity contribution in [2.24, 2.45) is 7.05 Å². The van der Waals surface area contributed by atoms with Crippen LogP contribution in [-0.2, 0) is 16.5 Å². The summed E-state index contributed by atoms with van der Waals surface area (Å²) in [6.45, 7) is 5.88. The molecule has 1 amide bonds. The van der Waals surface area contributed by atoms with Gasteiger partial charge in [-0.15, -0.1) is 0 Å². The van der Waals surface area contributed by atoms with Crippen LogP contribution >= 0.6 is 0 Å². The maximum Gasteiger partial charge on any atom is 0.270 e. The van der Waals surface area contributed by atoms with E-state index in [4.69, 9.17) is 9.47 Å². The zero-order valence-electron chi connectivity index (χ0n) is 14.0. The maximum atomic E-state index is 12.9. The Balaban J connectivity index is 1.82. The third kappa shape index (κ3) is 3.19. The largest absolute Gasteiger partial charge is 0.378 e. The van der Waals surface area contributed by atoms with Gasteiger partial charge in [0, 0.05) is 32.0 Å². The van der Waals surface area contributed by atoms with E-state index in [0.29, 0.717) is 31.0 Å². The number of hydrogen-bond acceptors (Lipinski definition) is 4. The number of amides is 1. The Morgan fingerprint density at radius 2 is 2.17 bits per heavy atom. The predicted octanol–water partition coefficient (Wildman–Crippen LogP) is 1.64. The number of ketones is 1. The third-order valence-electron chi connectivity index (χ3n) is 4.61. The third-order valence-corrected chi connectivity index (χ3v) is 4.61. The van der Waals surface area contributed by atoms with Crippen molar-refractivity contribution in [3.63, 3.8) is 0 Å². The van der Waals surface area contributed by atoms with Crippen molar-refractivity contribution in [3.8, 4) is 0 Å². The van der Waals surface area contributed by atoms with Crippen molar-refractivity contribution in [3.05, 3.63) is 23.5 Å². The van der Waals surface area contributed by atoms with Gasteiger partial charge in [0.2, 0.25) is 0 Å². The highest BCUT2D eigenvalue weighted by atomic mass is 16.6. The highest BCUT2D eigenvalue weighted by Gasteiger charge is 2.43. The number of aromatic nitrogens is 1. The van der Waals surface area contributed by atoms with Gasteiger partial charge >= 0.3 is 0 Å². The number of carbonyl (C=O) groups excluding carboxylic acids is 2. The van der Waals surface area contributed by atoms with Crippen LogP contribution in [-0.4, -0.2) is 59.2 Å². The van der Waals surface area contributed by atoms with Crippen LogP contribution in [0.25, 0.3) is 0 Å². The molecule has 2 atom stereocenters. The summed E-state index contributed by atoms with van der Waals surface area (Å²) in [5.41, 5.74) is 0.712. The molecule has 0 aliphatic carbocycles. The van der Waals surface area contributed by atoms with Crippen LogP contribution in [0, 0.1) is 0 Å². The summed E-state index contributed by atoms with van der Waals surface area (Å²) in [6, 6.07) is 1.68. The number of Topliss-reactive ketones (excluding diaryl/α,β-unsaturated/α-hetero) is 1. The minimum absolute atomic E-state index is 0.0260. The van der Waals surface area contributed by atoms with Crippen molar-refractivity contribution < 1.29 is 19.1 Å². The summed E-state index contributed by atoms with van der Waals surface area (Å²) in [5, 5.41) is 0. The SMILES string of the molecule is CC(=O)c1cc(C(=O)N2C[C@H](C)O[C@]3(CCCOC3)C2)n(C)c1. The molecule has 2 fully saturated rings. The van der Waals surface area contributed by atoms with E-state index in [1.165, 1.54) is 6.92 Å². The highest BCUT2D eigenvalue weighted by Crippen LogP contribution is 2.30. The van der Waals surface area contributed by atoms with Crippen LogP contribution in [0.2, 0.25) is 0 Å². The minimum atomic E-state index is -0.389. The molecule has 1 spiro atoms. The van der Waals surface area contributed by atoms with Gasteiger partial charge in [-0.3, -0.25) is 9.59 Å². The van der Waals surface area contributed by atoms with Gasteiger partial charge in [-0.2, -0.15) is 0 Å². The fourth-order valence-electron chi connectivity index (χ4n) is 3.55. The van der Waals surface area contributed by atoms with Gasteiger partial charge in [-0.25, -0.2) is 0 Å². The van der Waals surface area contributed by atoms with Gasteiger partial charge in [0.05, 0.1) is 19.3 Å². The Hall–Kier alpha value is -1.66. The van der Waals surface area contributed by atoms with Crippen LogP contribution in [0.15, 0.2) is 12.3 Å². The smallest absolute Gasteiger partial charge is 0.270 e. The fourth-order valence-corrected chi connectivity index (χ4v) is 3.55. The number of carbonyl (C=O) groups is 2. The second kappa shape index (κ2) is 6.09. The number of morpholine rings is 1. The van der Waals surface area contributed by atoms with E-state index >= 15 is 0 Å². The molecule has 0 radical (unpaired) electrons. The van der Waals surface area contributed by atoms with Crippen molar-refractivity contribution in [1.82, 2.24) is 9.47 Å². The van der Waals surface area contributed by atoms with Gasteiger partial charge in [-0.05, 0) is 32.8 Å². The lowest BCUT2D eigenvalue weighted by atomic mass is 9.93. The quantitative estimate of drug-likeness (QED) is 0.777. The Morgan fingerprint density at radius 3 is 2.78 bits per heavy atom. The summed E-state index contributed by atoms with van der Waals surface area (Å²) in [6.07, 6.45) is 3.54. The molecule has 126 valence electrons. The second-order valence-corrected chi connectivity index (χ2v) is 6.73. The molecule has 1 aromatic rings. The van der Waals surface area contributed by atoms with E-state index in [2.05, 4.69) is 0 Å². The van der Waals surface area contributed by atoms with Gasteiger partial charge < -0.3 is 18.9 Å². The zero-order valence-corrected chi connectivity index (χ0v) is 14.0. The highest BCUT2D eigenvalue weighted by molar-refractivity contribution is 5.99. The molecule has 0 unspecified atom stereocenters. The van der Waals surface area contributed by atoms with Gasteiger partial charge in [-0.1, -0.05) is 0 Å². The molecular formula is C17H24N2O4. The summed E-state index contributed by atoms with van der Waals surface area (Å²) >= 11 is 0. The van der Waals surface area contributed by atoms with E-state index < -0.39 is 0 Å². The standard InChI is InChI=1S/C17H24N2O4/c1-12-8-19(10-17(23-12)5-4-6-22-11-17)16(21)15-7-14(13(2)20)9-18(15)3/h7,9,12H,4-6,8,10-11H2,1-3H3/t12-,17+/m0/s1. The Kier molecular flexibility index (Phi) is 4.29. The fraction of sp³-hybridized carbons (Fsp3) is 0.647. The molecule has 1 aromatic heterocycles. The maximum absolute atomic E-state index is 12.9. The Labute approximate surface area is 136 Å². The number of nitrogens with zero attached hydrogens (tertiary/aromatic N) is 2. The lowest BCUT2D eigenvalue weighted by Gasteiger charge is -2.47. The lowest BCUT2D eigenvalue weighted by Crippen LogP contribution is -2.59. The monoisotopic (exact) mass is 320 g/mol. The van der Waals surface area contributed by atoms with Crippen LogP contribution in [0.4, 0.5) is 0 Å². The molecule has 3 rings (SSSR count). The number of aryl methyl sites for hydroxylation is 1. The van der Waals surface area contributed by atoms with Gasteiger partial charge in [0.25, 0.3) is 5.91 Å². The second-order valence-electron chi connectivity index (χ2n) is 6.73. The molecule has 2 aliphatic rings. The van der Waals surface area contributed by atoms with Crippen molar-refractivity contribution in [2.75, 3.05) is 26.3 Å². The predicted molar refractivity (Wildman–Crippen MR) is 84.7 cm³/mol. The van der Waals surface area contributed by atoms with Crippen LogP contribution in [0.3, 0.4) is 0 Å². The Bertz CT molecular complexity index is 616. The van der Waals surface area contributed by atoms with E-state index in [1.54, 1.807) is 23.9 Å². The molecule has 3 heterocycles. The molecule has 0 aromatic carbocycles. The van der Waals surface area contributed by atoms with Crippen molar-refractivity contribution in [2.45, 2.75) is 38.4 Å². The molecule has 0 bridgehead atoms. The van der Waals surface area contributed by atoms with Crippen LogP contribution < -0.4 is 0 Å². The summed E-state index contributed by atoms with van der Waals surface area (Å²) in [5.74, 6) is -0.0905. The van der Waals surface area contributed by atoms with Gasteiger partial charge in [0.15, 0.2) is 5.78 Å². The average Bonchev–Trinajstić information content (AvgIpc) is 2.88. The van der Waals surface area contributed by atoms with Crippen molar-refractivity contribution in [1.29, 1.82) is 0 Å². The Morgan fingerprint density at radius 1 is 1.39 bits per heavy atom. The van der Waals surface area contributed by atoms with E-state index in [9.17, 15) is 9.59 Å². The van der Waals surface area contributed by atoms with Crippen molar-refractivity contribution >= 4 is 11.7 Å². The zero-order chi connectivity index (χ0) is 16.6. The molecule has 23 heavy (non-hydrogen) atoms. The van der Waals surface area contributed by atoms with Crippen LogP contribution in [0.5, 0.6) is 0 Å². The van der Waals surface area contributed by atoms with E-state index in [-0.39, 0.29) is 23.4 Å². The van der Waals surface area contributed by atoms with Crippen LogP contribution in [0.1, 0.15) is 47.5 Å². The summed E-state index contributed by atoms with van der Waals surface area (Å²) in [7, 11) is 1.79. The first kappa shape index (κ1) is 16.2. The summed E-state index contributed by atoms with van der Waals surface area (Å²) in [4.78, 5) is 26.3. The topological polar surface area (TPSA) is 60.8 Å². The normalized spacial score (nSPS) is 28.1. The number of rotatable bonds is 2. The summed E-state index contributed by atoms with van der Waals surface area (Å²) < 4.78 is 13.4. The molecule has 6 heteroatoms. The number of ether oxygens (including phenoxy) is 2. The minimum Gasteiger partial charge on any atom is -0.378 e. The number of hydrogen-bond donors (Lipinski definition) is 0. The first-order chi connectivity index (χ1) is 10.9. The molecule has 0 saturated carbocycles. The first-order valence-corrected chi connectivity index (χ1v) is 8.12. The molecule has 2 saturated heterocycles. The lowest BCUT2D eigenvalue weighted by molar-refractivity contribution is -0.188. The molecular weight excluding hydrogens is 296 g/mol. The molecule has 2 aliphatic heterocycles. The van der Waals surface area contributed by atoms with E-state index in [1.807, 2.05) is 11.8 Å².